The van der Waals surface area contributed by atoms with Gasteiger partial charge in [-0.3, -0.25) is 4.98 Å². The van der Waals surface area contributed by atoms with Crippen molar-refractivity contribution in [2.24, 2.45) is 0 Å². The normalized spacial score (nSPS) is 9.29. The van der Waals surface area contributed by atoms with Gasteiger partial charge in [-0.25, -0.2) is 4.79 Å². The average Bonchev–Trinajstić information content (AvgIpc) is 2.27. The van der Waals surface area contributed by atoms with E-state index in [1.807, 2.05) is 0 Å². The zero-order valence-electron chi connectivity index (χ0n) is 8.11. The van der Waals surface area contributed by atoms with E-state index in [0.717, 1.165) is 0 Å². The summed E-state index contributed by atoms with van der Waals surface area (Å²) < 4.78 is 9.57. The quantitative estimate of drug-likeness (QED) is 0.683. The van der Waals surface area contributed by atoms with Gasteiger partial charge in [-0.05, 0) is 12.1 Å². The maximum atomic E-state index is 11.3. The number of nitrogens with zero attached hydrogens (tertiary/aromatic N) is 1. The largest absolute Gasteiger partial charge is 0.494 e. The second-order valence-electron chi connectivity index (χ2n) is 2.51. The van der Waals surface area contributed by atoms with Crippen LogP contribution in [0.25, 0.3) is 6.08 Å². The van der Waals surface area contributed by atoms with E-state index >= 15 is 0 Å². The molecule has 0 aliphatic rings. The van der Waals surface area contributed by atoms with Crippen LogP contribution in [-0.4, -0.2) is 25.2 Å². The Morgan fingerprint density at radius 1 is 1.57 bits per heavy atom. The van der Waals surface area contributed by atoms with Crippen molar-refractivity contribution in [3.05, 3.63) is 30.1 Å². The summed E-state index contributed by atoms with van der Waals surface area (Å²) in [5.41, 5.74) is 0.950. The second kappa shape index (κ2) is 4.41. The summed E-state index contributed by atoms with van der Waals surface area (Å²) in [4.78, 5) is 15.3. The third-order valence-corrected chi connectivity index (χ3v) is 1.72. The Hall–Kier alpha value is -1.84. The van der Waals surface area contributed by atoms with Gasteiger partial charge in [-0.2, -0.15) is 0 Å². The number of aromatic nitrogens is 1. The van der Waals surface area contributed by atoms with Crippen molar-refractivity contribution < 1.29 is 14.3 Å². The Bertz CT molecular complexity index is 360. The van der Waals surface area contributed by atoms with Crippen molar-refractivity contribution in [1.82, 2.24) is 4.98 Å². The molecule has 0 spiro atoms. The van der Waals surface area contributed by atoms with Crippen LogP contribution in [0.5, 0.6) is 5.75 Å². The first-order chi connectivity index (χ1) is 6.72. The number of ether oxygens (including phenoxy) is 2. The Kier molecular flexibility index (Phi) is 3.23. The van der Waals surface area contributed by atoms with E-state index in [1.54, 1.807) is 12.1 Å². The Balaban J connectivity index is 3.21. The van der Waals surface area contributed by atoms with E-state index in [9.17, 15) is 4.79 Å². The number of carbonyl (C=O) groups is 1. The summed E-state index contributed by atoms with van der Waals surface area (Å²) in [6.45, 7) is 3.56. The van der Waals surface area contributed by atoms with E-state index in [1.165, 1.54) is 20.4 Å². The molecule has 1 heterocycles. The third-order valence-electron chi connectivity index (χ3n) is 1.72. The fourth-order valence-corrected chi connectivity index (χ4v) is 1.00. The minimum atomic E-state index is -0.452. The van der Waals surface area contributed by atoms with E-state index in [0.29, 0.717) is 17.0 Å². The molecule has 0 aromatic carbocycles. The highest BCUT2D eigenvalue weighted by Crippen LogP contribution is 2.18. The molecule has 0 amide bonds. The van der Waals surface area contributed by atoms with E-state index in [2.05, 4.69) is 16.3 Å². The molecule has 0 bridgehead atoms. The van der Waals surface area contributed by atoms with Gasteiger partial charge in [0.25, 0.3) is 0 Å². The molecule has 0 aliphatic carbocycles. The highest BCUT2D eigenvalue weighted by Gasteiger charge is 2.13. The van der Waals surface area contributed by atoms with Crippen LogP contribution in [0.2, 0.25) is 0 Å². The molecule has 1 aromatic heterocycles. The summed E-state index contributed by atoms with van der Waals surface area (Å²) in [6, 6.07) is 1.57. The van der Waals surface area contributed by atoms with Gasteiger partial charge in [0.15, 0.2) is 5.75 Å². The standard InChI is InChI=1S/C10H11NO3/c1-4-7-5-8(10(12)14-3)9(13-2)6-11-7/h4-6H,1H2,2-3H3. The van der Waals surface area contributed by atoms with Crippen molar-refractivity contribution in [2.45, 2.75) is 0 Å². The van der Waals surface area contributed by atoms with Crippen LogP contribution < -0.4 is 4.74 Å². The molecule has 0 saturated carbocycles. The summed E-state index contributed by atoms with van der Waals surface area (Å²) in [5, 5.41) is 0. The fourth-order valence-electron chi connectivity index (χ4n) is 1.00. The Labute approximate surface area is 82.2 Å². The average molecular weight is 193 g/mol. The van der Waals surface area contributed by atoms with Crippen LogP contribution in [0.3, 0.4) is 0 Å². The molecule has 4 heteroatoms. The van der Waals surface area contributed by atoms with Crippen molar-refractivity contribution in [3.63, 3.8) is 0 Å². The highest BCUT2D eigenvalue weighted by atomic mass is 16.5. The maximum Gasteiger partial charge on any atom is 0.341 e. The molecule has 0 N–H and O–H groups in total. The lowest BCUT2D eigenvalue weighted by Gasteiger charge is -2.06. The summed E-state index contributed by atoms with van der Waals surface area (Å²) >= 11 is 0. The molecule has 0 saturated heterocycles. The lowest BCUT2D eigenvalue weighted by molar-refractivity contribution is 0.0597. The number of hydrogen-bond acceptors (Lipinski definition) is 4. The van der Waals surface area contributed by atoms with E-state index in [4.69, 9.17) is 4.74 Å². The second-order valence-corrected chi connectivity index (χ2v) is 2.51. The first-order valence-electron chi connectivity index (χ1n) is 3.97. The molecule has 0 aliphatic heterocycles. The van der Waals surface area contributed by atoms with Crippen molar-refractivity contribution in [1.29, 1.82) is 0 Å². The van der Waals surface area contributed by atoms with Gasteiger partial charge in [0.2, 0.25) is 0 Å². The molecule has 0 fully saturated rings. The zero-order chi connectivity index (χ0) is 10.6. The lowest BCUT2D eigenvalue weighted by atomic mass is 10.2. The highest BCUT2D eigenvalue weighted by molar-refractivity contribution is 5.92. The number of pyridine rings is 1. The van der Waals surface area contributed by atoms with Crippen LogP contribution >= 0.6 is 0 Å². The zero-order valence-corrected chi connectivity index (χ0v) is 8.11. The molecule has 0 radical (unpaired) electrons. The van der Waals surface area contributed by atoms with Crippen LogP contribution in [0.15, 0.2) is 18.8 Å². The fraction of sp³-hybridized carbons (Fsp3) is 0.200. The first-order valence-corrected chi connectivity index (χ1v) is 3.97. The molecule has 4 nitrogen and oxygen atoms in total. The van der Waals surface area contributed by atoms with E-state index in [-0.39, 0.29) is 0 Å². The van der Waals surface area contributed by atoms with Gasteiger partial charge in [-0.1, -0.05) is 6.58 Å². The van der Waals surface area contributed by atoms with Crippen LogP contribution in [0, 0.1) is 0 Å². The molecule has 14 heavy (non-hydrogen) atoms. The SMILES string of the molecule is C=Cc1cc(C(=O)OC)c(OC)cn1. The number of esters is 1. The van der Waals surface area contributed by atoms with Crippen LogP contribution in [-0.2, 0) is 4.74 Å². The number of methoxy groups -OCH3 is 2. The van der Waals surface area contributed by atoms with Gasteiger partial charge in [0.05, 0.1) is 26.1 Å². The Morgan fingerprint density at radius 3 is 2.79 bits per heavy atom. The molecular weight excluding hydrogens is 182 g/mol. The smallest absolute Gasteiger partial charge is 0.341 e. The van der Waals surface area contributed by atoms with Crippen LogP contribution in [0.1, 0.15) is 16.1 Å². The maximum absolute atomic E-state index is 11.3. The van der Waals surface area contributed by atoms with Crippen LogP contribution in [0.4, 0.5) is 0 Å². The topological polar surface area (TPSA) is 48.4 Å². The predicted molar refractivity (Wildman–Crippen MR) is 52.2 cm³/mol. The predicted octanol–water partition coefficient (Wildman–Crippen LogP) is 1.52. The molecular formula is C10H11NO3. The third kappa shape index (κ3) is 1.90. The summed E-state index contributed by atoms with van der Waals surface area (Å²) in [6.07, 6.45) is 3.01. The van der Waals surface area contributed by atoms with Gasteiger partial charge in [0, 0.05) is 0 Å². The van der Waals surface area contributed by atoms with Gasteiger partial charge >= 0.3 is 5.97 Å². The number of hydrogen-bond donors (Lipinski definition) is 0. The molecule has 1 rings (SSSR count). The molecule has 74 valence electrons. The van der Waals surface area contributed by atoms with Crippen molar-refractivity contribution >= 4 is 12.0 Å². The minimum absolute atomic E-state index is 0.347. The number of rotatable bonds is 3. The Morgan fingerprint density at radius 2 is 2.29 bits per heavy atom. The monoisotopic (exact) mass is 193 g/mol. The lowest BCUT2D eigenvalue weighted by Crippen LogP contribution is -2.05. The number of carbonyl (C=O) groups excluding carboxylic acids is 1. The summed E-state index contributed by atoms with van der Waals surface area (Å²) in [5.74, 6) is -0.0604. The molecule has 0 unspecified atom stereocenters. The van der Waals surface area contributed by atoms with Gasteiger partial charge in [0.1, 0.15) is 5.56 Å². The minimum Gasteiger partial charge on any atom is -0.494 e. The van der Waals surface area contributed by atoms with Crippen molar-refractivity contribution in [2.75, 3.05) is 14.2 Å². The molecule has 1 aromatic rings. The van der Waals surface area contributed by atoms with E-state index < -0.39 is 5.97 Å². The first kappa shape index (κ1) is 10.2. The summed E-state index contributed by atoms with van der Waals surface area (Å²) in [7, 11) is 2.78. The van der Waals surface area contributed by atoms with Gasteiger partial charge in [-0.15, -0.1) is 0 Å². The van der Waals surface area contributed by atoms with Crippen molar-refractivity contribution in [3.8, 4) is 5.75 Å². The van der Waals surface area contributed by atoms with Gasteiger partial charge < -0.3 is 9.47 Å². The molecule has 0 atom stereocenters.